The van der Waals surface area contributed by atoms with E-state index >= 15 is 0 Å². The SMILES string of the molecule is COC12C=CC(O)(c3ccccc3)CC1CCCO2. The summed E-state index contributed by atoms with van der Waals surface area (Å²) in [6.45, 7) is 0.721. The molecule has 3 nitrogen and oxygen atoms in total. The molecular weight excluding hydrogens is 240 g/mol. The molecule has 1 aromatic rings. The number of rotatable bonds is 2. The van der Waals surface area contributed by atoms with E-state index in [1.165, 1.54) is 0 Å². The van der Waals surface area contributed by atoms with Crippen molar-refractivity contribution in [1.29, 1.82) is 0 Å². The minimum Gasteiger partial charge on any atom is -0.381 e. The maximum atomic E-state index is 10.9. The van der Waals surface area contributed by atoms with E-state index in [-0.39, 0.29) is 5.92 Å². The first kappa shape index (κ1) is 12.9. The molecule has 0 aromatic heterocycles. The van der Waals surface area contributed by atoms with Gasteiger partial charge in [0.2, 0.25) is 0 Å². The highest BCUT2D eigenvalue weighted by atomic mass is 16.7. The van der Waals surface area contributed by atoms with Crippen molar-refractivity contribution in [3.63, 3.8) is 0 Å². The number of benzene rings is 1. The van der Waals surface area contributed by atoms with Crippen molar-refractivity contribution < 1.29 is 14.6 Å². The second-order valence-electron chi connectivity index (χ2n) is 5.44. The lowest BCUT2D eigenvalue weighted by atomic mass is 9.73. The third kappa shape index (κ3) is 2.12. The predicted molar refractivity (Wildman–Crippen MR) is 72.5 cm³/mol. The number of ether oxygens (including phenoxy) is 2. The zero-order valence-electron chi connectivity index (χ0n) is 11.2. The second kappa shape index (κ2) is 4.75. The van der Waals surface area contributed by atoms with Gasteiger partial charge in [-0.1, -0.05) is 30.3 Å². The molecule has 1 saturated heterocycles. The van der Waals surface area contributed by atoms with E-state index in [2.05, 4.69) is 0 Å². The molecule has 0 radical (unpaired) electrons. The van der Waals surface area contributed by atoms with Crippen LogP contribution in [-0.4, -0.2) is 24.6 Å². The Morgan fingerprint density at radius 3 is 2.79 bits per heavy atom. The number of hydrogen-bond acceptors (Lipinski definition) is 3. The van der Waals surface area contributed by atoms with Gasteiger partial charge in [0.15, 0.2) is 5.79 Å². The van der Waals surface area contributed by atoms with Gasteiger partial charge in [0.25, 0.3) is 0 Å². The molecule has 1 aliphatic carbocycles. The van der Waals surface area contributed by atoms with Crippen molar-refractivity contribution in [1.82, 2.24) is 0 Å². The van der Waals surface area contributed by atoms with Crippen molar-refractivity contribution >= 4 is 0 Å². The molecular formula is C16H20O3. The van der Waals surface area contributed by atoms with E-state index in [0.717, 1.165) is 25.0 Å². The predicted octanol–water partition coefficient (Wildman–Crippen LogP) is 2.60. The molecule has 1 aliphatic heterocycles. The van der Waals surface area contributed by atoms with Crippen LogP contribution in [0.2, 0.25) is 0 Å². The summed E-state index contributed by atoms with van der Waals surface area (Å²) in [5, 5.41) is 10.9. The fourth-order valence-electron chi connectivity index (χ4n) is 3.24. The van der Waals surface area contributed by atoms with Gasteiger partial charge in [0.05, 0.1) is 6.61 Å². The van der Waals surface area contributed by atoms with Gasteiger partial charge in [-0.15, -0.1) is 0 Å². The molecule has 3 heteroatoms. The monoisotopic (exact) mass is 260 g/mol. The third-order valence-electron chi connectivity index (χ3n) is 4.34. The minimum atomic E-state index is -0.908. The summed E-state index contributed by atoms with van der Waals surface area (Å²) in [6.07, 6.45) is 6.41. The molecule has 3 rings (SSSR count). The van der Waals surface area contributed by atoms with Crippen LogP contribution in [0.25, 0.3) is 0 Å². The van der Waals surface area contributed by atoms with Gasteiger partial charge in [-0.3, -0.25) is 0 Å². The van der Waals surface area contributed by atoms with Gasteiger partial charge in [-0.2, -0.15) is 0 Å². The van der Waals surface area contributed by atoms with Gasteiger partial charge in [-0.05, 0) is 37.0 Å². The lowest BCUT2D eigenvalue weighted by Crippen LogP contribution is -2.50. The van der Waals surface area contributed by atoms with E-state index in [0.29, 0.717) is 6.42 Å². The Hall–Kier alpha value is -1.16. The summed E-state index contributed by atoms with van der Waals surface area (Å²) in [5.74, 6) is -0.444. The zero-order valence-corrected chi connectivity index (χ0v) is 11.2. The fourth-order valence-corrected chi connectivity index (χ4v) is 3.24. The van der Waals surface area contributed by atoms with E-state index in [4.69, 9.17) is 9.47 Å². The number of aliphatic hydroxyl groups is 1. The molecule has 1 fully saturated rings. The van der Waals surface area contributed by atoms with Gasteiger partial charge < -0.3 is 14.6 Å². The van der Waals surface area contributed by atoms with Crippen LogP contribution < -0.4 is 0 Å². The van der Waals surface area contributed by atoms with Crippen molar-refractivity contribution in [3.05, 3.63) is 48.0 Å². The standard InChI is InChI=1S/C16H20O3/c1-18-16-10-9-15(17,13-6-3-2-4-7-13)12-14(16)8-5-11-19-16/h2-4,6-7,9-10,14,17H,5,8,11-12H2,1H3. The third-order valence-corrected chi connectivity index (χ3v) is 4.34. The number of fused-ring (bicyclic) bond motifs is 1. The molecule has 3 atom stereocenters. The molecule has 19 heavy (non-hydrogen) atoms. The van der Waals surface area contributed by atoms with E-state index in [1.54, 1.807) is 7.11 Å². The summed E-state index contributed by atoms with van der Waals surface area (Å²) >= 11 is 0. The highest BCUT2D eigenvalue weighted by Crippen LogP contribution is 2.45. The summed E-state index contributed by atoms with van der Waals surface area (Å²) in [5.41, 5.74) is 0.0239. The second-order valence-corrected chi connectivity index (χ2v) is 5.44. The molecule has 1 N–H and O–H groups in total. The molecule has 102 valence electrons. The summed E-state index contributed by atoms with van der Waals surface area (Å²) in [7, 11) is 1.68. The Bertz CT molecular complexity index is 470. The molecule has 1 heterocycles. The summed E-state index contributed by atoms with van der Waals surface area (Å²) < 4.78 is 11.4. The quantitative estimate of drug-likeness (QED) is 0.831. The molecule has 1 aromatic carbocycles. The van der Waals surface area contributed by atoms with Crippen LogP contribution in [0.5, 0.6) is 0 Å². The van der Waals surface area contributed by atoms with Crippen molar-refractivity contribution in [2.24, 2.45) is 5.92 Å². The Labute approximate surface area is 113 Å². The molecule has 0 bridgehead atoms. The Balaban J connectivity index is 1.96. The van der Waals surface area contributed by atoms with E-state index < -0.39 is 11.4 Å². The summed E-state index contributed by atoms with van der Waals surface area (Å²) in [6, 6.07) is 9.80. The van der Waals surface area contributed by atoms with Crippen molar-refractivity contribution in [2.45, 2.75) is 30.7 Å². The summed E-state index contributed by atoms with van der Waals surface area (Å²) in [4.78, 5) is 0. The van der Waals surface area contributed by atoms with Crippen molar-refractivity contribution in [3.8, 4) is 0 Å². The minimum absolute atomic E-state index is 0.196. The van der Waals surface area contributed by atoms with Gasteiger partial charge in [-0.25, -0.2) is 0 Å². The largest absolute Gasteiger partial charge is 0.381 e. The topological polar surface area (TPSA) is 38.7 Å². The van der Waals surface area contributed by atoms with Crippen LogP contribution in [0.1, 0.15) is 24.8 Å². The van der Waals surface area contributed by atoms with Crippen LogP contribution in [0, 0.1) is 5.92 Å². The Morgan fingerprint density at radius 2 is 2.05 bits per heavy atom. The smallest absolute Gasteiger partial charge is 0.190 e. The normalized spacial score (nSPS) is 37.9. The van der Waals surface area contributed by atoms with Crippen LogP contribution in [0.3, 0.4) is 0 Å². The number of methoxy groups -OCH3 is 1. The first-order valence-corrected chi connectivity index (χ1v) is 6.86. The van der Waals surface area contributed by atoms with Crippen LogP contribution >= 0.6 is 0 Å². The van der Waals surface area contributed by atoms with Crippen molar-refractivity contribution in [2.75, 3.05) is 13.7 Å². The molecule has 0 amide bonds. The highest BCUT2D eigenvalue weighted by molar-refractivity contribution is 5.30. The first-order valence-electron chi connectivity index (χ1n) is 6.86. The zero-order chi connectivity index (χ0) is 13.3. The maximum absolute atomic E-state index is 10.9. The molecule has 2 aliphatic rings. The lowest BCUT2D eigenvalue weighted by Gasteiger charge is -2.47. The van der Waals surface area contributed by atoms with Crippen LogP contribution in [0.15, 0.2) is 42.5 Å². The maximum Gasteiger partial charge on any atom is 0.190 e. The fraction of sp³-hybridized carbons (Fsp3) is 0.500. The van der Waals surface area contributed by atoms with E-state index in [9.17, 15) is 5.11 Å². The average Bonchev–Trinajstić information content (AvgIpc) is 2.48. The van der Waals surface area contributed by atoms with E-state index in [1.807, 2.05) is 42.5 Å². The first-order chi connectivity index (χ1) is 9.19. The highest BCUT2D eigenvalue weighted by Gasteiger charge is 2.48. The van der Waals surface area contributed by atoms with Crippen LogP contribution in [0.4, 0.5) is 0 Å². The van der Waals surface area contributed by atoms with Gasteiger partial charge in [0.1, 0.15) is 5.60 Å². The number of hydrogen-bond donors (Lipinski definition) is 1. The Morgan fingerprint density at radius 1 is 1.26 bits per heavy atom. The molecule has 3 unspecified atom stereocenters. The van der Waals surface area contributed by atoms with Gasteiger partial charge in [0, 0.05) is 13.0 Å². The Kier molecular flexibility index (Phi) is 3.21. The van der Waals surface area contributed by atoms with Gasteiger partial charge >= 0.3 is 0 Å². The molecule has 0 saturated carbocycles. The molecule has 0 spiro atoms. The lowest BCUT2D eigenvalue weighted by molar-refractivity contribution is -0.253. The van der Waals surface area contributed by atoms with Crippen LogP contribution in [-0.2, 0) is 15.1 Å². The average molecular weight is 260 g/mol.